The van der Waals surface area contributed by atoms with Crippen LogP contribution >= 0.6 is 0 Å². The van der Waals surface area contributed by atoms with Crippen LogP contribution in [0.15, 0.2) is 0 Å². The van der Waals surface area contributed by atoms with Gasteiger partial charge in [0, 0.05) is 12.0 Å². The second-order valence-electron chi connectivity index (χ2n) is 4.35. The molecule has 1 atom stereocenters. The molecule has 0 amide bonds. The maximum atomic E-state index is 10.2. The van der Waals surface area contributed by atoms with Crippen LogP contribution in [0.1, 0.15) is 20.3 Å². The molecule has 0 saturated heterocycles. The molecule has 7 nitrogen and oxygen atoms in total. The SMILES string of the molecule is CC(C)(CO)C(O)C(O)(O)NCCC(=O)O. The van der Waals surface area contributed by atoms with E-state index >= 15 is 0 Å². The van der Waals surface area contributed by atoms with Gasteiger partial charge in [-0.05, 0) is 0 Å². The summed E-state index contributed by atoms with van der Waals surface area (Å²) in [5.74, 6) is -3.74. The van der Waals surface area contributed by atoms with Gasteiger partial charge in [-0.1, -0.05) is 13.8 Å². The molecule has 0 rings (SSSR count). The number of hydrogen-bond acceptors (Lipinski definition) is 6. The quantitative estimate of drug-likeness (QED) is 0.284. The molecule has 0 radical (unpaired) electrons. The average molecular weight is 237 g/mol. The molecule has 0 aliphatic rings. The van der Waals surface area contributed by atoms with Crippen molar-refractivity contribution in [2.45, 2.75) is 32.3 Å². The zero-order valence-corrected chi connectivity index (χ0v) is 9.34. The minimum atomic E-state index is -2.64. The van der Waals surface area contributed by atoms with E-state index in [-0.39, 0.29) is 13.0 Å². The van der Waals surface area contributed by atoms with Crippen LogP contribution in [-0.4, -0.2) is 56.7 Å². The van der Waals surface area contributed by atoms with Crippen molar-refractivity contribution in [1.82, 2.24) is 5.32 Å². The minimum Gasteiger partial charge on any atom is -0.481 e. The van der Waals surface area contributed by atoms with E-state index in [4.69, 9.17) is 10.2 Å². The third-order valence-corrected chi connectivity index (χ3v) is 2.25. The molecule has 0 aromatic carbocycles. The second-order valence-corrected chi connectivity index (χ2v) is 4.35. The summed E-state index contributed by atoms with van der Waals surface area (Å²) in [5.41, 5.74) is -1.13. The van der Waals surface area contributed by atoms with Crippen molar-refractivity contribution in [3.63, 3.8) is 0 Å². The van der Waals surface area contributed by atoms with E-state index in [1.54, 1.807) is 0 Å². The highest BCUT2D eigenvalue weighted by atomic mass is 16.5. The standard InChI is InChI=1S/C9H19NO6/c1-8(2,5-11)7(14)9(15,16)10-4-3-6(12)13/h7,10-11,14-16H,3-5H2,1-2H3,(H,12,13). The van der Waals surface area contributed by atoms with Crippen LogP contribution in [0.3, 0.4) is 0 Å². The zero-order chi connectivity index (χ0) is 13.0. The molecular weight excluding hydrogens is 218 g/mol. The lowest BCUT2D eigenvalue weighted by Gasteiger charge is -2.37. The fraction of sp³-hybridized carbons (Fsp3) is 0.889. The number of aliphatic hydroxyl groups excluding tert-OH is 2. The Balaban J connectivity index is 4.36. The number of carbonyl (C=O) groups is 1. The smallest absolute Gasteiger partial charge is 0.304 e. The van der Waals surface area contributed by atoms with Crippen LogP contribution in [0.5, 0.6) is 0 Å². The van der Waals surface area contributed by atoms with E-state index in [1.807, 2.05) is 0 Å². The first kappa shape index (κ1) is 15.3. The molecule has 0 heterocycles. The maximum absolute atomic E-state index is 10.2. The van der Waals surface area contributed by atoms with Crippen LogP contribution < -0.4 is 5.32 Å². The monoisotopic (exact) mass is 237 g/mol. The second kappa shape index (κ2) is 5.55. The Kier molecular flexibility index (Phi) is 5.30. The molecule has 16 heavy (non-hydrogen) atoms. The third kappa shape index (κ3) is 4.42. The molecule has 0 spiro atoms. The fourth-order valence-electron chi connectivity index (χ4n) is 1.08. The number of aliphatic carboxylic acids is 1. The van der Waals surface area contributed by atoms with Crippen LogP contribution in [-0.2, 0) is 4.79 Å². The molecule has 0 aromatic rings. The summed E-state index contributed by atoms with van der Waals surface area (Å²) >= 11 is 0. The predicted octanol–water partition coefficient (Wildman–Crippen LogP) is -1.93. The number of carboxylic acid groups (broad SMARTS) is 1. The zero-order valence-electron chi connectivity index (χ0n) is 9.34. The summed E-state index contributed by atoms with van der Waals surface area (Å²) in [5, 5.41) is 47.9. The summed E-state index contributed by atoms with van der Waals surface area (Å²) in [6.45, 7) is 2.23. The van der Waals surface area contributed by atoms with Crippen molar-refractivity contribution in [1.29, 1.82) is 0 Å². The maximum Gasteiger partial charge on any atom is 0.304 e. The van der Waals surface area contributed by atoms with Gasteiger partial charge in [0.1, 0.15) is 6.10 Å². The first-order valence-electron chi connectivity index (χ1n) is 4.84. The Morgan fingerprint density at radius 1 is 1.38 bits per heavy atom. The number of nitrogens with one attached hydrogen (secondary N) is 1. The Morgan fingerprint density at radius 3 is 2.25 bits per heavy atom. The molecule has 96 valence electrons. The van der Waals surface area contributed by atoms with E-state index in [0.29, 0.717) is 0 Å². The van der Waals surface area contributed by atoms with E-state index in [9.17, 15) is 20.1 Å². The van der Waals surface area contributed by atoms with Crippen LogP contribution in [0, 0.1) is 5.41 Å². The molecule has 0 fully saturated rings. The minimum absolute atomic E-state index is 0.207. The predicted molar refractivity (Wildman–Crippen MR) is 54.3 cm³/mol. The topological polar surface area (TPSA) is 130 Å². The van der Waals surface area contributed by atoms with Gasteiger partial charge in [-0.2, -0.15) is 0 Å². The first-order chi connectivity index (χ1) is 7.13. The van der Waals surface area contributed by atoms with Gasteiger partial charge in [-0.15, -0.1) is 0 Å². The van der Waals surface area contributed by atoms with Gasteiger partial charge < -0.3 is 25.5 Å². The van der Waals surface area contributed by atoms with E-state index < -0.39 is 30.0 Å². The molecule has 0 saturated carbocycles. The Labute approximate surface area is 93.3 Å². The number of aliphatic hydroxyl groups is 4. The van der Waals surface area contributed by atoms with Crippen LogP contribution in [0.25, 0.3) is 0 Å². The van der Waals surface area contributed by atoms with Gasteiger partial charge in [0.05, 0.1) is 13.0 Å². The van der Waals surface area contributed by atoms with Crippen molar-refractivity contribution >= 4 is 5.97 Å². The van der Waals surface area contributed by atoms with Gasteiger partial charge in [0.25, 0.3) is 0 Å². The summed E-state index contributed by atoms with van der Waals surface area (Å²) < 4.78 is 0. The van der Waals surface area contributed by atoms with E-state index in [0.717, 1.165) is 0 Å². The van der Waals surface area contributed by atoms with Gasteiger partial charge in [0.2, 0.25) is 5.91 Å². The molecule has 0 bridgehead atoms. The van der Waals surface area contributed by atoms with Crippen molar-refractivity contribution in [2.24, 2.45) is 5.41 Å². The van der Waals surface area contributed by atoms with Crippen LogP contribution in [0.2, 0.25) is 0 Å². The summed E-state index contributed by atoms with van der Waals surface area (Å²) in [6.07, 6.45) is -1.96. The molecule has 7 heteroatoms. The Morgan fingerprint density at radius 2 is 1.88 bits per heavy atom. The number of carboxylic acids is 1. The molecule has 6 N–H and O–H groups in total. The summed E-state index contributed by atoms with van der Waals surface area (Å²) in [7, 11) is 0. The fourth-order valence-corrected chi connectivity index (χ4v) is 1.08. The van der Waals surface area contributed by atoms with Gasteiger partial charge in [-0.25, -0.2) is 0 Å². The lowest BCUT2D eigenvalue weighted by Crippen LogP contribution is -2.60. The Hall–Kier alpha value is -0.730. The number of hydrogen-bond donors (Lipinski definition) is 6. The molecule has 0 aliphatic heterocycles. The molecule has 0 aliphatic carbocycles. The molecule has 0 aromatic heterocycles. The first-order valence-corrected chi connectivity index (χ1v) is 4.84. The van der Waals surface area contributed by atoms with E-state index in [2.05, 4.69) is 5.32 Å². The van der Waals surface area contributed by atoms with Crippen molar-refractivity contribution < 1.29 is 30.3 Å². The van der Waals surface area contributed by atoms with Crippen LogP contribution in [0.4, 0.5) is 0 Å². The molecular formula is C9H19NO6. The van der Waals surface area contributed by atoms with Crippen molar-refractivity contribution in [3.8, 4) is 0 Å². The van der Waals surface area contributed by atoms with Gasteiger partial charge in [-0.3, -0.25) is 10.1 Å². The lowest BCUT2D eigenvalue weighted by molar-refractivity contribution is -0.272. The average Bonchev–Trinajstić information content (AvgIpc) is 2.15. The molecule has 1 unspecified atom stereocenters. The van der Waals surface area contributed by atoms with E-state index in [1.165, 1.54) is 13.8 Å². The largest absolute Gasteiger partial charge is 0.481 e. The summed E-state index contributed by atoms with van der Waals surface area (Å²) in [4.78, 5) is 10.2. The normalized spacial score (nSPS) is 14.9. The number of rotatable bonds is 7. The highest BCUT2D eigenvalue weighted by Gasteiger charge is 2.43. The summed E-state index contributed by atoms with van der Waals surface area (Å²) in [6, 6.07) is 0. The van der Waals surface area contributed by atoms with Crippen molar-refractivity contribution in [3.05, 3.63) is 0 Å². The highest BCUT2D eigenvalue weighted by molar-refractivity contribution is 5.66. The lowest BCUT2D eigenvalue weighted by atomic mass is 9.85. The Bertz CT molecular complexity index is 240. The van der Waals surface area contributed by atoms with Gasteiger partial charge in [0.15, 0.2) is 0 Å². The third-order valence-electron chi connectivity index (χ3n) is 2.25. The van der Waals surface area contributed by atoms with Crippen molar-refractivity contribution in [2.75, 3.05) is 13.2 Å². The van der Waals surface area contributed by atoms with Gasteiger partial charge >= 0.3 is 5.97 Å². The highest BCUT2D eigenvalue weighted by Crippen LogP contribution is 2.25.